The van der Waals surface area contributed by atoms with Crippen molar-refractivity contribution in [3.05, 3.63) is 12.2 Å². The summed E-state index contributed by atoms with van der Waals surface area (Å²) >= 11 is 0. The summed E-state index contributed by atoms with van der Waals surface area (Å²) in [7, 11) is 4.14. The van der Waals surface area contributed by atoms with Gasteiger partial charge >= 0.3 is 0 Å². The molecule has 1 unspecified atom stereocenters. The van der Waals surface area contributed by atoms with Gasteiger partial charge in [0.2, 0.25) is 5.91 Å². The Morgan fingerprint density at radius 1 is 0.808 bits per heavy atom. The maximum atomic E-state index is 11.5. The number of nitrogens with two attached hydrogens (primary N) is 1. The van der Waals surface area contributed by atoms with Crippen LogP contribution in [0.1, 0.15) is 103 Å². The van der Waals surface area contributed by atoms with Crippen LogP contribution in [0.2, 0.25) is 0 Å². The normalized spacial score (nSPS) is 12.9. The Morgan fingerprint density at radius 3 is 1.85 bits per heavy atom. The van der Waals surface area contributed by atoms with Gasteiger partial charge in [-0.2, -0.15) is 0 Å². The highest BCUT2D eigenvalue weighted by molar-refractivity contribution is 5.76. The molecule has 0 saturated carbocycles. The zero-order chi connectivity index (χ0) is 19.5. The maximum absolute atomic E-state index is 11.5. The lowest BCUT2D eigenvalue weighted by molar-refractivity contribution is -0.122. The fraction of sp³-hybridized carbons (Fsp3) is 0.870. The number of carbonyl (C=O) groups excluding carboxylic acids is 1. The lowest BCUT2D eigenvalue weighted by atomic mass is 9.95. The van der Waals surface area contributed by atoms with Crippen LogP contribution in [0.3, 0.4) is 0 Å². The van der Waals surface area contributed by atoms with Crippen LogP contribution < -0.4 is 5.73 Å². The van der Waals surface area contributed by atoms with E-state index in [-0.39, 0.29) is 11.8 Å². The van der Waals surface area contributed by atoms with E-state index in [0.29, 0.717) is 0 Å². The summed E-state index contributed by atoms with van der Waals surface area (Å²) in [5, 5.41) is 0. The van der Waals surface area contributed by atoms with Crippen molar-refractivity contribution in [2.24, 2.45) is 11.7 Å². The molecule has 2 N–H and O–H groups in total. The second-order valence-corrected chi connectivity index (χ2v) is 8.06. The van der Waals surface area contributed by atoms with Gasteiger partial charge in [-0.05, 0) is 65.6 Å². The number of carbonyl (C=O) groups is 1. The first-order valence-corrected chi connectivity index (χ1v) is 11.2. The zero-order valence-electron chi connectivity index (χ0n) is 18.0. The van der Waals surface area contributed by atoms with Gasteiger partial charge in [-0.1, -0.05) is 70.4 Å². The summed E-state index contributed by atoms with van der Waals surface area (Å²) in [5.74, 6) is -0.0337. The summed E-state index contributed by atoms with van der Waals surface area (Å²) < 4.78 is 0. The first-order chi connectivity index (χ1) is 12.6. The maximum Gasteiger partial charge on any atom is 0.220 e. The molecule has 0 aromatic rings. The predicted octanol–water partition coefficient (Wildman–Crippen LogP) is 6.08. The van der Waals surface area contributed by atoms with Crippen molar-refractivity contribution in [2.45, 2.75) is 103 Å². The van der Waals surface area contributed by atoms with Gasteiger partial charge in [-0.15, -0.1) is 0 Å². The van der Waals surface area contributed by atoms with E-state index in [4.69, 9.17) is 5.73 Å². The summed E-state index contributed by atoms with van der Waals surface area (Å²) in [6.45, 7) is 3.31. The molecular weight excluding hydrogens is 320 g/mol. The zero-order valence-corrected chi connectivity index (χ0v) is 18.0. The molecule has 0 radical (unpaired) electrons. The molecule has 154 valence electrons. The van der Waals surface area contributed by atoms with Gasteiger partial charge in [0.15, 0.2) is 0 Å². The Hall–Kier alpha value is -0.830. The minimum absolute atomic E-state index is 0.0761. The van der Waals surface area contributed by atoms with E-state index >= 15 is 0 Å². The topological polar surface area (TPSA) is 46.3 Å². The van der Waals surface area contributed by atoms with Crippen LogP contribution in [-0.2, 0) is 4.79 Å². The van der Waals surface area contributed by atoms with E-state index in [1.807, 2.05) is 0 Å². The number of hydrogen-bond donors (Lipinski definition) is 1. The number of rotatable bonds is 19. The molecular formula is C23H46N2O. The van der Waals surface area contributed by atoms with Gasteiger partial charge in [-0.25, -0.2) is 0 Å². The number of primary amides is 1. The van der Waals surface area contributed by atoms with E-state index in [1.165, 1.54) is 70.6 Å². The molecule has 3 heteroatoms. The van der Waals surface area contributed by atoms with E-state index in [0.717, 1.165) is 32.2 Å². The molecule has 0 spiro atoms. The molecule has 1 amide bonds. The van der Waals surface area contributed by atoms with Crippen molar-refractivity contribution in [2.75, 3.05) is 20.6 Å². The van der Waals surface area contributed by atoms with Gasteiger partial charge in [-0.3, -0.25) is 4.79 Å². The third-order valence-electron chi connectivity index (χ3n) is 5.12. The second-order valence-electron chi connectivity index (χ2n) is 8.06. The summed E-state index contributed by atoms with van der Waals surface area (Å²) in [4.78, 5) is 13.7. The molecule has 0 saturated heterocycles. The van der Waals surface area contributed by atoms with Crippen molar-refractivity contribution >= 4 is 5.91 Å². The molecule has 0 heterocycles. The third-order valence-corrected chi connectivity index (χ3v) is 5.12. The lowest BCUT2D eigenvalue weighted by Crippen LogP contribution is -2.24. The molecule has 3 nitrogen and oxygen atoms in total. The first kappa shape index (κ1) is 25.2. The quantitative estimate of drug-likeness (QED) is 0.222. The Bertz CT molecular complexity index is 339. The van der Waals surface area contributed by atoms with Crippen LogP contribution in [0, 0.1) is 5.92 Å². The van der Waals surface area contributed by atoms with Crippen molar-refractivity contribution in [3.63, 3.8) is 0 Å². The largest absolute Gasteiger partial charge is 0.369 e. The number of nitrogens with zero attached hydrogens (tertiary/aromatic N) is 1. The van der Waals surface area contributed by atoms with Crippen LogP contribution in [0.25, 0.3) is 0 Å². The molecule has 0 bridgehead atoms. The van der Waals surface area contributed by atoms with Crippen molar-refractivity contribution in [1.82, 2.24) is 4.90 Å². The smallest absolute Gasteiger partial charge is 0.220 e. The molecule has 26 heavy (non-hydrogen) atoms. The Balaban J connectivity index is 3.46. The van der Waals surface area contributed by atoms with Gasteiger partial charge < -0.3 is 10.6 Å². The SMILES string of the molecule is CCCCCCCCC=CCCCCCCC(CCCN(C)C)C(N)=O. The molecule has 1 atom stereocenters. The summed E-state index contributed by atoms with van der Waals surface area (Å²) in [6, 6.07) is 0. The highest BCUT2D eigenvalue weighted by Crippen LogP contribution is 2.17. The van der Waals surface area contributed by atoms with Crippen LogP contribution in [0.15, 0.2) is 12.2 Å². The number of allylic oxidation sites excluding steroid dienone is 2. The second kappa shape index (κ2) is 18.9. The van der Waals surface area contributed by atoms with E-state index < -0.39 is 0 Å². The first-order valence-electron chi connectivity index (χ1n) is 11.2. The average molecular weight is 367 g/mol. The number of unbranched alkanes of at least 4 members (excludes halogenated alkanes) is 10. The van der Waals surface area contributed by atoms with Crippen LogP contribution in [-0.4, -0.2) is 31.4 Å². The standard InChI is InChI=1S/C23H46N2O/c1-4-5-6-7-8-9-10-11-12-13-14-15-16-17-19-22(23(24)26)20-18-21-25(2)3/h11-12,22H,4-10,13-21H2,1-3H3,(H2,24,26). The van der Waals surface area contributed by atoms with E-state index in [2.05, 4.69) is 38.1 Å². The Morgan fingerprint density at radius 2 is 1.31 bits per heavy atom. The molecule has 0 aliphatic carbocycles. The average Bonchev–Trinajstić information content (AvgIpc) is 2.60. The third kappa shape index (κ3) is 18.0. The van der Waals surface area contributed by atoms with Crippen LogP contribution >= 0.6 is 0 Å². The minimum Gasteiger partial charge on any atom is -0.369 e. The fourth-order valence-corrected chi connectivity index (χ4v) is 3.37. The van der Waals surface area contributed by atoms with Gasteiger partial charge in [0.1, 0.15) is 0 Å². The van der Waals surface area contributed by atoms with E-state index in [9.17, 15) is 4.79 Å². The summed E-state index contributed by atoms with van der Waals surface area (Å²) in [5.41, 5.74) is 5.55. The van der Waals surface area contributed by atoms with Gasteiger partial charge in [0, 0.05) is 5.92 Å². The molecule has 0 aromatic heterocycles. The van der Waals surface area contributed by atoms with Crippen molar-refractivity contribution < 1.29 is 4.79 Å². The van der Waals surface area contributed by atoms with Gasteiger partial charge in [0.25, 0.3) is 0 Å². The molecule has 0 aliphatic heterocycles. The highest BCUT2D eigenvalue weighted by atomic mass is 16.1. The number of amides is 1. The molecule has 0 aromatic carbocycles. The number of hydrogen-bond acceptors (Lipinski definition) is 2. The molecule has 0 aliphatic rings. The Labute approximate surface area is 163 Å². The van der Waals surface area contributed by atoms with Crippen LogP contribution in [0.5, 0.6) is 0 Å². The van der Waals surface area contributed by atoms with Gasteiger partial charge in [0.05, 0.1) is 0 Å². The Kier molecular flexibility index (Phi) is 18.3. The lowest BCUT2D eigenvalue weighted by Gasteiger charge is -2.15. The molecule has 0 rings (SSSR count). The summed E-state index contributed by atoms with van der Waals surface area (Å²) in [6.07, 6.45) is 23.3. The minimum atomic E-state index is -0.110. The van der Waals surface area contributed by atoms with Crippen LogP contribution in [0.4, 0.5) is 0 Å². The highest BCUT2D eigenvalue weighted by Gasteiger charge is 2.14. The predicted molar refractivity (Wildman–Crippen MR) is 115 cm³/mol. The van der Waals surface area contributed by atoms with Crippen molar-refractivity contribution in [3.8, 4) is 0 Å². The fourth-order valence-electron chi connectivity index (χ4n) is 3.37. The van der Waals surface area contributed by atoms with Crippen molar-refractivity contribution in [1.29, 1.82) is 0 Å². The monoisotopic (exact) mass is 366 g/mol. The van der Waals surface area contributed by atoms with E-state index in [1.54, 1.807) is 0 Å². The molecule has 0 fully saturated rings.